The van der Waals surface area contributed by atoms with Crippen LogP contribution in [0.3, 0.4) is 0 Å². The molecule has 0 bridgehead atoms. The first-order chi connectivity index (χ1) is 43.9. The van der Waals surface area contributed by atoms with Crippen LogP contribution in [0.2, 0.25) is 5.02 Å². The van der Waals surface area contributed by atoms with Crippen LogP contribution in [0.1, 0.15) is 86.4 Å². The maximum atomic E-state index is 14.2. The van der Waals surface area contributed by atoms with Crippen molar-refractivity contribution in [3.8, 4) is 11.4 Å². The Labute approximate surface area is 562 Å². The van der Waals surface area contributed by atoms with E-state index in [1.54, 1.807) is 23.8 Å². The zero-order valence-corrected chi connectivity index (χ0v) is 57.1. The van der Waals surface area contributed by atoms with Gasteiger partial charge in [0, 0.05) is 43.7 Å². The number of benzene rings is 4. The van der Waals surface area contributed by atoms with Crippen LogP contribution >= 0.6 is 65.6 Å². The molecule has 1 fully saturated rings. The highest BCUT2D eigenvalue weighted by Crippen LogP contribution is 2.36. The fourth-order valence-corrected chi connectivity index (χ4v) is 10.9. The number of carbonyl (C=O) groups excluding carboxylic acids is 6. The van der Waals surface area contributed by atoms with Crippen molar-refractivity contribution in [3.63, 3.8) is 0 Å². The van der Waals surface area contributed by atoms with Crippen molar-refractivity contribution in [2.75, 3.05) is 61.7 Å². The monoisotopic (exact) mass is 1460 g/mol. The number of ether oxygens (including phenoxy) is 3. The molecule has 1 saturated carbocycles. The number of hydrogen-bond donors (Lipinski definition) is 4. The van der Waals surface area contributed by atoms with Crippen molar-refractivity contribution < 1.29 is 93.7 Å². The minimum atomic E-state index is -4.10. The normalized spacial score (nSPS) is 14.4. The topological polar surface area (TPSA) is 361 Å². The highest BCUT2D eigenvalue weighted by Gasteiger charge is 2.40. The summed E-state index contributed by atoms with van der Waals surface area (Å²) in [5.74, 6) is -6.42. The Balaban J connectivity index is 0.000000315. The molecule has 94 heavy (non-hydrogen) atoms. The molecular weight excluding hydrogens is 1400 g/mol. The molecule has 516 valence electrons. The molecular formula is C58H68Cl5F3N7O19PS. The molecule has 5 aromatic rings. The summed E-state index contributed by atoms with van der Waals surface area (Å²) in [5, 5.41) is 23.7. The van der Waals surface area contributed by atoms with Crippen LogP contribution in [-0.2, 0) is 65.5 Å². The lowest BCUT2D eigenvalue weighted by Crippen LogP contribution is -2.47. The van der Waals surface area contributed by atoms with Crippen molar-refractivity contribution in [2.45, 2.75) is 107 Å². The number of carboxylic acid groups (broad SMARTS) is 1. The Bertz CT molecular complexity index is 3770. The second-order valence-corrected chi connectivity index (χ2v) is 26.4. The number of sulfone groups is 1. The number of esters is 1. The van der Waals surface area contributed by atoms with E-state index < -0.39 is 110 Å². The number of nitrogens with zero attached hydrogens (tertiary/aromatic N) is 6. The number of hydrogen-bond acceptors (Lipinski definition) is 18. The molecule has 0 saturated heterocycles. The molecule has 4 N–H and O–H groups in total. The number of aromatic nitrogens is 3. The van der Waals surface area contributed by atoms with Crippen LogP contribution in [0.4, 0.5) is 30.2 Å². The van der Waals surface area contributed by atoms with Gasteiger partial charge in [-0.3, -0.25) is 53.6 Å². The molecule has 1 aliphatic carbocycles. The number of methoxy groups -OCH3 is 1. The van der Waals surface area contributed by atoms with E-state index in [-0.39, 0.29) is 87.2 Å². The number of halogens is 8. The van der Waals surface area contributed by atoms with E-state index in [1.165, 1.54) is 6.92 Å². The van der Waals surface area contributed by atoms with E-state index in [4.69, 9.17) is 87.1 Å². The number of nitro benzene ring substituents is 1. The summed E-state index contributed by atoms with van der Waals surface area (Å²) < 4.78 is 89.2. The van der Waals surface area contributed by atoms with Gasteiger partial charge in [0.25, 0.3) is 11.6 Å². The van der Waals surface area contributed by atoms with E-state index in [0.717, 1.165) is 65.5 Å². The third-order valence-corrected chi connectivity index (χ3v) is 16.3. The molecule has 26 nitrogen and oxygen atoms in total. The molecule has 7 rings (SSSR count). The second-order valence-electron chi connectivity index (χ2n) is 20.4. The summed E-state index contributed by atoms with van der Waals surface area (Å²) in [7, 11) is -6.16. The summed E-state index contributed by atoms with van der Waals surface area (Å²) >= 11 is 28.9. The van der Waals surface area contributed by atoms with Crippen molar-refractivity contribution in [3.05, 3.63) is 132 Å². The molecule has 4 aromatic carbocycles. The first kappa shape index (κ1) is 81.4. The first-order valence-electron chi connectivity index (χ1n) is 28.0. The third-order valence-electron chi connectivity index (χ3n) is 13.3. The van der Waals surface area contributed by atoms with E-state index in [1.807, 2.05) is 57.2 Å². The lowest BCUT2D eigenvalue weighted by atomic mass is 9.81. The summed E-state index contributed by atoms with van der Waals surface area (Å²) in [6, 6.07) is 18.1. The van der Waals surface area contributed by atoms with Gasteiger partial charge in [-0.15, -0.1) is 28.3 Å². The van der Waals surface area contributed by atoms with Gasteiger partial charge in [0.05, 0.1) is 64.9 Å². The minimum absolute atomic E-state index is 0.0223. The fraction of sp³-hybridized carbons (Fsp3) is 0.431. The Morgan fingerprint density at radius 3 is 2.11 bits per heavy atom. The highest BCUT2D eigenvalue weighted by atomic mass is 35.5. The van der Waals surface area contributed by atoms with E-state index in [0.29, 0.717) is 30.1 Å². The Kier molecular flexibility index (Phi) is 32.4. The predicted octanol–water partition coefficient (Wildman–Crippen LogP) is 8.93. The van der Waals surface area contributed by atoms with Gasteiger partial charge in [0.15, 0.2) is 37.8 Å². The van der Waals surface area contributed by atoms with Crippen LogP contribution in [0, 0.1) is 35.7 Å². The second kappa shape index (κ2) is 37.5. The van der Waals surface area contributed by atoms with Gasteiger partial charge in [-0.25, -0.2) is 22.2 Å². The lowest BCUT2D eigenvalue weighted by Gasteiger charge is -2.35. The van der Waals surface area contributed by atoms with Gasteiger partial charge >= 0.3 is 31.8 Å². The largest absolute Gasteiger partial charge is 0.489 e. The zero-order chi connectivity index (χ0) is 71.3. The number of carbonyl (C=O) groups is 7. The van der Waals surface area contributed by atoms with E-state index in [2.05, 4.69) is 23.4 Å². The lowest BCUT2D eigenvalue weighted by molar-refractivity contribution is -0.385. The molecule has 0 radical (unpaired) electrons. The Hall–Kier alpha value is -6.83. The van der Waals surface area contributed by atoms with Crippen LogP contribution in [0.15, 0.2) is 82.5 Å². The SMILES string of the molecule is CC1COc2ccccc2N1C(=O)C(Cl)Cl.CCOC(=O)C(Cl)Cc1cc(-n2nc(C)n(C(F)F)c2=O)c(F)cc1Cl.CCc1cccc(C)c1N(C(=O)CCl)C(C)COC.CS(=O)(=O)c1ccc(C(=O)C2C(=O)CCCC2=O)c([N+](=O)[O-])c1.O=C(O)CNCP(=O)(O)O. The quantitative estimate of drug-likeness (QED) is 0.0101. The molecule has 3 unspecified atom stereocenters. The number of fused-ring (bicyclic) bond motifs is 1. The molecule has 1 aliphatic heterocycles. The Morgan fingerprint density at radius 1 is 0.957 bits per heavy atom. The number of amides is 2. The summed E-state index contributed by atoms with van der Waals surface area (Å²) in [6.07, 6.45) is 1.53. The number of para-hydroxylation sites is 3. The smallest absolute Gasteiger partial charge is 0.355 e. The van der Waals surface area contributed by atoms with Crippen LogP contribution < -0.4 is 25.5 Å². The van der Waals surface area contributed by atoms with Crippen LogP contribution in [0.5, 0.6) is 5.75 Å². The van der Waals surface area contributed by atoms with Crippen molar-refractivity contribution in [1.29, 1.82) is 0 Å². The van der Waals surface area contributed by atoms with Gasteiger partial charge in [-0.1, -0.05) is 72.1 Å². The van der Waals surface area contributed by atoms with Gasteiger partial charge in [-0.05, 0) is 101 Å². The van der Waals surface area contributed by atoms with Gasteiger partial charge < -0.3 is 38.9 Å². The molecule has 3 atom stereocenters. The average molecular weight is 1460 g/mol. The standard InChI is InChI=1S/C15H14Cl2F3N3O3.C15H22ClNO2.C14H13NO7S.C11H11Cl2NO2.C3H8NO5P/c1-3-26-13(24)10(17)4-8-5-12(11(18)6-9(8)16)23-15(25)22(14(19)20)7(2)21-23;1-5-13-8-6-7-11(2)15(13)17(14(18)9-16)12(3)10-19-4;1-23(21,22)8-5-6-9(10(7-8)15(19)20)14(18)13-11(16)3-2-4-12(13)17;1-7-6-16-9-5-3-2-4-8(9)14(7)11(15)10(12)13;5-3(6)1-4-2-10(7,8)9/h5-6,10,14H,3-4H2,1-2H3;6-8,12H,5,9-10H2,1-4H3;5-7,13H,2-4H2,1H3;2-5,7,10H,6H2,1H3;4H,1-2H2,(H,5,6)(H2,7,8,9). The highest BCUT2D eigenvalue weighted by molar-refractivity contribution is 7.90. The number of rotatable bonds is 21. The van der Waals surface area contributed by atoms with Gasteiger partial charge in [-0.2, -0.15) is 13.5 Å². The number of alkyl halides is 6. The minimum Gasteiger partial charge on any atom is -0.489 e. The molecule has 2 amide bonds. The summed E-state index contributed by atoms with van der Waals surface area (Å²) in [6.45, 7) is 8.27. The molecule has 0 spiro atoms. The third kappa shape index (κ3) is 23.2. The number of aliphatic carboxylic acids is 1. The molecule has 1 aromatic heterocycles. The average Bonchev–Trinajstić information content (AvgIpc) is 1.32. The first-order valence-corrected chi connectivity index (χ1v) is 33.9. The Morgan fingerprint density at radius 2 is 1.59 bits per heavy atom. The number of Topliss-reactive ketones (excluding diaryl/α,β-unsaturated/α-hetero) is 3. The molecule has 2 heterocycles. The maximum absolute atomic E-state index is 14.2. The fourth-order valence-electron chi connectivity index (χ4n) is 9.09. The summed E-state index contributed by atoms with van der Waals surface area (Å²) in [4.78, 5) is 122. The number of anilines is 2. The predicted molar refractivity (Wildman–Crippen MR) is 344 cm³/mol. The van der Waals surface area contributed by atoms with E-state index >= 15 is 0 Å². The number of carboxylic acids is 1. The molecule has 36 heteroatoms. The molecule has 2 aliphatic rings. The summed E-state index contributed by atoms with van der Waals surface area (Å²) in [5.41, 5.74) is 1.40. The van der Waals surface area contributed by atoms with Crippen molar-refractivity contribution >= 4 is 134 Å². The zero-order valence-electron chi connectivity index (χ0n) is 51.6. The van der Waals surface area contributed by atoms with Crippen molar-refractivity contribution in [1.82, 2.24) is 19.7 Å². The number of ketones is 3. The van der Waals surface area contributed by atoms with Crippen LogP contribution in [0.25, 0.3) is 5.69 Å². The number of aryl methyl sites for hydroxylation is 3. The van der Waals surface area contributed by atoms with Crippen LogP contribution in [-0.4, -0.2) is 158 Å². The number of nitro groups is 1. The number of nitrogens with one attached hydrogen (secondary N) is 1. The van der Waals surface area contributed by atoms with Gasteiger partial charge in [0.1, 0.15) is 41.0 Å². The van der Waals surface area contributed by atoms with Gasteiger partial charge in [0.2, 0.25) is 5.91 Å². The maximum Gasteiger partial charge on any atom is 0.355 e. The van der Waals surface area contributed by atoms with Crippen molar-refractivity contribution in [2.24, 2.45) is 5.92 Å². The van der Waals surface area contributed by atoms with E-state index in [9.17, 15) is 74.6 Å².